The summed E-state index contributed by atoms with van der Waals surface area (Å²) in [6, 6.07) is 25.7. The molecule has 4 aromatic rings. The van der Waals surface area contributed by atoms with Crippen molar-refractivity contribution in [2.75, 3.05) is 11.4 Å². The number of carbonyl (C=O) groups is 2. The molecule has 1 aliphatic heterocycles. The molecule has 1 aliphatic rings. The lowest BCUT2D eigenvalue weighted by Gasteiger charge is -2.23. The molecule has 7 heteroatoms. The van der Waals surface area contributed by atoms with E-state index >= 15 is 0 Å². The number of anilines is 1. The Hall–Kier alpha value is -4.10. The van der Waals surface area contributed by atoms with Crippen molar-refractivity contribution < 1.29 is 18.2 Å². The van der Waals surface area contributed by atoms with Crippen LogP contribution in [0.3, 0.4) is 0 Å². The van der Waals surface area contributed by atoms with E-state index in [1.165, 1.54) is 22.6 Å². The molecule has 0 saturated carbocycles. The van der Waals surface area contributed by atoms with E-state index in [1.807, 2.05) is 31.2 Å². The largest absolute Gasteiger partial charge is 0.352 e. The smallest absolute Gasteiger partial charge is 0.259 e. The predicted molar refractivity (Wildman–Crippen MR) is 142 cm³/mol. The fourth-order valence-corrected chi connectivity index (χ4v) is 5.66. The van der Waals surface area contributed by atoms with Gasteiger partial charge in [-0.15, -0.1) is 0 Å². The van der Waals surface area contributed by atoms with Crippen LogP contribution in [0.15, 0.2) is 101 Å². The molecular formula is C30H25FN2O3S. The molecule has 0 saturated heterocycles. The number of nitrogens with zero attached hydrogens (tertiary/aromatic N) is 1. The van der Waals surface area contributed by atoms with E-state index < -0.39 is 10.8 Å². The van der Waals surface area contributed by atoms with E-state index in [0.29, 0.717) is 45.1 Å². The van der Waals surface area contributed by atoms with Crippen molar-refractivity contribution in [1.82, 2.24) is 5.32 Å². The molecule has 4 aromatic carbocycles. The molecular weight excluding hydrogens is 487 g/mol. The molecule has 186 valence electrons. The Morgan fingerprint density at radius 2 is 1.59 bits per heavy atom. The zero-order valence-corrected chi connectivity index (χ0v) is 21.1. The average Bonchev–Trinajstić information content (AvgIpc) is 3.00. The Morgan fingerprint density at radius 3 is 2.35 bits per heavy atom. The maximum Gasteiger partial charge on any atom is 0.259 e. The minimum atomic E-state index is -1.62. The topological polar surface area (TPSA) is 66.5 Å². The summed E-state index contributed by atoms with van der Waals surface area (Å²) in [6.45, 7) is 2.62. The number of aryl methyl sites for hydroxylation is 1. The average molecular weight is 513 g/mol. The minimum Gasteiger partial charge on any atom is -0.352 e. The number of amides is 2. The third-order valence-corrected chi connectivity index (χ3v) is 7.85. The van der Waals surface area contributed by atoms with Crippen LogP contribution in [-0.4, -0.2) is 22.6 Å². The maximum atomic E-state index is 13.7. The summed E-state index contributed by atoms with van der Waals surface area (Å²) in [6.07, 6.45) is 0.686. The van der Waals surface area contributed by atoms with Gasteiger partial charge in [0.1, 0.15) is 5.82 Å². The highest BCUT2D eigenvalue weighted by Gasteiger charge is 2.31. The van der Waals surface area contributed by atoms with Crippen LogP contribution in [-0.2, 0) is 23.8 Å². The summed E-state index contributed by atoms with van der Waals surface area (Å²) in [5.74, 6) is -0.983. The number of hydrogen-bond donors (Lipinski definition) is 1. The molecule has 0 bridgehead atoms. The van der Waals surface area contributed by atoms with Gasteiger partial charge in [-0.1, -0.05) is 54.1 Å². The Bertz CT molecular complexity index is 1500. The summed E-state index contributed by atoms with van der Waals surface area (Å²) in [7, 11) is -1.62. The van der Waals surface area contributed by atoms with Gasteiger partial charge in [0.05, 0.1) is 38.4 Å². The van der Waals surface area contributed by atoms with E-state index in [2.05, 4.69) is 5.32 Å². The number of carbonyl (C=O) groups excluding carboxylic acids is 2. The van der Waals surface area contributed by atoms with E-state index in [-0.39, 0.29) is 24.2 Å². The van der Waals surface area contributed by atoms with Gasteiger partial charge < -0.3 is 10.2 Å². The van der Waals surface area contributed by atoms with Gasteiger partial charge >= 0.3 is 0 Å². The van der Waals surface area contributed by atoms with Crippen LogP contribution < -0.4 is 10.2 Å². The molecule has 5 nitrogen and oxygen atoms in total. The first-order chi connectivity index (χ1) is 17.9. The lowest BCUT2D eigenvalue weighted by atomic mass is 10.1. The zero-order valence-electron chi connectivity index (χ0n) is 20.2. The van der Waals surface area contributed by atoms with Gasteiger partial charge in [0, 0.05) is 12.1 Å². The SMILES string of the molecule is Cc1ccc(CCNC(=O)c2ccc3c(c2)N(Cc2ccc(F)cc2)C(=O)c2ccccc2[S@@]3=O)cc1. The first-order valence-corrected chi connectivity index (χ1v) is 13.1. The second-order valence-corrected chi connectivity index (χ2v) is 10.4. The molecule has 37 heavy (non-hydrogen) atoms. The normalized spacial score (nSPS) is 14.5. The first kappa shape index (κ1) is 24.6. The number of rotatable bonds is 6. The Morgan fingerprint density at radius 1 is 0.892 bits per heavy atom. The molecule has 1 N–H and O–H groups in total. The van der Waals surface area contributed by atoms with Crippen molar-refractivity contribution in [2.45, 2.75) is 29.7 Å². The third kappa shape index (κ3) is 5.22. The Labute approximate surface area is 217 Å². The molecule has 0 spiro atoms. The molecule has 1 atom stereocenters. The number of nitrogens with one attached hydrogen (secondary N) is 1. The van der Waals surface area contributed by atoms with E-state index in [9.17, 15) is 18.2 Å². The van der Waals surface area contributed by atoms with Crippen molar-refractivity contribution in [2.24, 2.45) is 0 Å². The lowest BCUT2D eigenvalue weighted by Crippen LogP contribution is -2.31. The second kappa shape index (κ2) is 10.5. The van der Waals surface area contributed by atoms with Gasteiger partial charge in [-0.3, -0.25) is 9.59 Å². The van der Waals surface area contributed by atoms with Gasteiger partial charge in [-0.25, -0.2) is 8.60 Å². The predicted octanol–water partition coefficient (Wildman–Crippen LogP) is 5.43. The summed E-state index contributed by atoms with van der Waals surface area (Å²) in [5, 5.41) is 2.93. The highest BCUT2D eigenvalue weighted by atomic mass is 32.2. The minimum absolute atomic E-state index is 0.135. The fourth-order valence-electron chi connectivity index (χ4n) is 4.31. The molecule has 5 rings (SSSR count). The van der Waals surface area contributed by atoms with Crippen LogP contribution in [0.4, 0.5) is 10.1 Å². The van der Waals surface area contributed by atoms with Crippen LogP contribution in [0.25, 0.3) is 0 Å². The number of halogens is 1. The second-order valence-electron chi connectivity index (χ2n) is 8.96. The lowest BCUT2D eigenvalue weighted by molar-refractivity contribution is 0.0950. The van der Waals surface area contributed by atoms with Gasteiger partial charge in [0.15, 0.2) is 0 Å². The summed E-state index contributed by atoms with van der Waals surface area (Å²) < 4.78 is 27.0. The van der Waals surface area contributed by atoms with Crippen LogP contribution in [0, 0.1) is 12.7 Å². The maximum absolute atomic E-state index is 13.7. The summed E-state index contributed by atoms with van der Waals surface area (Å²) in [4.78, 5) is 29.1. The quantitative estimate of drug-likeness (QED) is 0.375. The monoisotopic (exact) mass is 512 g/mol. The standard InChI is InChI=1S/C30H25FN2O3S/c1-20-6-8-21(9-7-20)16-17-32-29(34)23-12-15-28-26(18-23)33(19-22-10-13-24(31)14-11-22)30(35)25-4-2-3-5-27(25)37(28)36/h2-15,18H,16-17,19H2,1H3,(H,32,34)/t37-/m0/s1. The van der Waals surface area contributed by atoms with Crippen molar-refractivity contribution in [3.63, 3.8) is 0 Å². The highest BCUT2D eigenvalue weighted by Crippen LogP contribution is 2.36. The summed E-state index contributed by atoms with van der Waals surface area (Å²) in [5.41, 5.74) is 4.11. The molecule has 2 amide bonds. The van der Waals surface area contributed by atoms with Crippen molar-refractivity contribution in [1.29, 1.82) is 0 Å². The summed E-state index contributed by atoms with van der Waals surface area (Å²) >= 11 is 0. The van der Waals surface area contributed by atoms with Crippen LogP contribution in [0.2, 0.25) is 0 Å². The number of hydrogen-bond acceptors (Lipinski definition) is 3. The molecule has 1 heterocycles. The van der Waals surface area contributed by atoms with Gasteiger partial charge in [0.2, 0.25) is 0 Å². The van der Waals surface area contributed by atoms with Crippen molar-refractivity contribution in [3.8, 4) is 0 Å². The van der Waals surface area contributed by atoms with Gasteiger partial charge in [-0.2, -0.15) is 0 Å². The zero-order chi connectivity index (χ0) is 25.9. The van der Waals surface area contributed by atoms with Crippen molar-refractivity contribution in [3.05, 3.63) is 125 Å². The molecule has 0 fully saturated rings. The van der Waals surface area contributed by atoms with E-state index in [0.717, 1.165) is 5.56 Å². The van der Waals surface area contributed by atoms with Gasteiger partial charge in [0.25, 0.3) is 11.8 Å². The molecule has 0 radical (unpaired) electrons. The number of benzene rings is 4. The van der Waals surface area contributed by atoms with E-state index in [1.54, 1.807) is 54.6 Å². The molecule has 0 unspecified atom stereocenters. The Kier molecular flexibility index (Phi) is 6.97. The van der Waals surface area contributed by atoms with Crippen LogP contribution in [0.5, 0.6) is 0 Å². The highest BCUT2D eigenvalue weighted by molar-refractivity contribution is 7.85. The molecule has 0 aliphatic carbocycles. The van der Waals surface area contributed by atoms with Crippen molar-refractivity contribution >= 4 is 28.3 Å². The van der Waals surface area contributed by atoms with E-state index in [4.69, 9.17) is 0 Å². The van der Waals surface area contributed by atoms with Gasteiger partial charge in [-0.05, 0) is 66.9 Å². The van der Waals surface area contributed by atoms with Crippen LogP contribution in [0.1, 0.15) is 37.4 Å². The Balaban J connectivity index is 1.46. The first-order valence-electron chi connectivity index (χ1n) is 12.0. The van der Waals surface area contributed by atoms with Crippen LogP contribution >= 0.6 is 0 Å². The fraction of sp³-hybridized carbons (Fsp3) is 0.133. The third-order valence-electron chi connectivity index (χ3n) is 6.35. The number of fused-ring (bicyclic) bond motifs is 2. The molecule has 0 aromatic heterocycles.